The van der Waals surface area contributed by atoms with Crippen molar-refractivity contribution in [2.24, 2.45) is 0 Å². The summed E-state index contributed by atoms with van der Waals surface area (Å²) in [7, 11) is 0. The highest BCUT2D eigenvalue weighted by atomic mass is 16.2. The monoisotopic (exact) mass is 263 g/mol. The van der Waals surface area contributed by atoms with Crippen molar-refractivity contribution < 1.29 is 9.59 Å². The molecular weight excluding hydrogens is 242 g/mol. The van der Waals surface area contributed by atoms with Crippen LogP contribution in [0.1, 0.15) is 55.8 Å². The highest BCUT2D eigenvalue weighted by Gasteiger charge is 2.06. The number of amides is 2. The van der Waals surface area contributed by atoms with E-state index in [1.807, 2.05) is 0 Å². The van der Waals surface area contributed by atoms with E-state index in [9.17, 15) is 9.59 Å². The molecule has 0 atom stereocenters. The largest absolute Gasteiger partial charge is 0.273 e. The van der Waals surface area contributed by atoms with Gasteiger partial charge in [0.15, 0.2) is 0 Å². The maximum Gasteiger partial charge on any atom is 0.269 e. The highest BCUT2D eigenvalue weighted by molar-refractivity contribution is 5.95. The van der Waals surface area contributed by atoms with Crippen molar-refractivity contribution in [3.05, 3.63) is 30.1 Å². The van der Waals surface area contributed by atoms with Gasteiger partial charge in [-0.05, 0) is 18.6 Å². The summed E-state index contributed by atoms with van der Waals surface area (Å²) in [6, 6.07) is 3.18. The molecule has 1 aromatic heterocycles. The molecule has 0 aliphatic heterocycles. The molecule has 1 rings (SSSR count). The van der Waals surface area contributed by atoms with E-state index in [0.717, 1.165) is 19.3 Å². The van der Waals surface area contributed by atoms with Crippen molar-refractivity contribution >= 4 is 11.8 Å². The van der Waals surface area contributed by atoms with Crippen molar-refractivity contribution in [1.82, 2.24) is 15.8 Å². The second kappa shape index (κ2) is 9.08. The van der Waals surface area contributed by atoms with Gasteiger partial charge in [0.1, 0.15) is 0 Å². The van der Waals surface area contributed by atoms with Gasteiger partial charge in [0.05, 0.1) is 0 Å². The minimum atomic E-state index is -0.332. The molecule has 0 saturated carbocycles. The van der Waals surface area contributed by atoms with Crippen LogP contribution in [0, 0.1) is 0 Å². The first-order valence-corrected chi connectivity index (χ1v) is 6.73. The predicted molar refractivity (Wildman–Crippen MR) is 73.2 cm³/mol. The van der Waals surface area contributed by atoms with Crippen LogP contribution in [0.2, 0.25) is 0 Å². The molecular formula is C14H21N3O2. The van der Waals surface area contributed by atoms with Gasteiger partial charge in [0, 0.05) is 24.4 Å². The van der Waals surface area contributed by atoms with Crippen LogP contribution >= 0.6 is 0 Å². The first kappa shape index (κ1) is 15.1. The third-order valence-corrected chi connectivity index (χ3v) is 2.77. The van der Waals surface area contributed by atoms with Gasteiger partial charge in [-0.3, -0.25) is 25.4 Å². The Hall–Kier alpha value is -1.91. The molecule has 0 aliphatic rings. The lowest BCUT2D eigenvalue weighted by Crippen LogP contribution is -2.41. The van der Waals surface area contributed by atoms with Crippen LogP contribution in [-0.2, 0) is 4.79 Å². The first-order valence-electron chi connectivity index (χ1n) is 6.73. The van der Waals surface area contributed by atoms with E-state index < -0.39 is 0 Å². The summed E-state index contributed by atoms with van der Waals surface area (Å²) >= 11 is 0. The van der Waals surface area contributed by atoms with E-state index in [4.69, 9.17) is 0 Å². The van der Waals surface area contributed by atoms with Crippen LogP contribution in [0.25, 0.3) is 0 Å². The number of pyridine rings is 1. The van der Waals surface area contributed by atoms with E-state index >= 15 is 0 Å². The molecule has 5 nitrogen and oxygen atoms in total. The third kappa shape index (κ3) is 6.55. The van der Waals surface area contributed by atoms with Crippen molar-refractivity contribution in [1.29, 1.82) is 0 Å². The van der Waals surface area contributed by atoms with Gasteiger partial charge in [-0.1, -0.05) is 32.6 Å². The normalized spacial score (nSPS) is 9.95. The van der Waals surface area contributed by atoms with Gasteiger partial charge in [-0.25, -0.2) is 0 Å². The summed E-state index contributed by atoms with van der Waals surface area (Å²) < 4.78 is 0. The molecule has 1 aromatic rings. The zero-order chi connectivity index (χ0) is 13.9. The SMILES string of the molecule is CCCCCCCC(=O)NNC(=O)c1ccncc1. The number of hydrogen-bond acceptors (Lipinski definition) is 3. The molecule has 0 unspecified atom stereocenters. The van der Waals surface area contributed by atoms with Gasteiger partial charge in [-0.15, -0.1) is 0 Å². The lowest BCUT2D eigenvalue weighted by Gasteiger charge is -2.07. The van der Waals surface area contributed by atoms with Crippen LogP contribution in [0.15, 0.2) is 24.5 Å². The summed E-state index contributed by atoms with van der Waals surface area (Å²) in [5.41, 5.74) is 5.27. The Kier molecular flexibility index (Phi) is 7.24. The Labute approximate surface area is 113 Å². The average Bonchev–Trinajstić information content (AvgIpc) is 2.45. The molecule has 0 aliphatic carbocycles. The molecule has 5 heteroatoms. The predicted octanol–water partition coefficient (Wildman–Crippen LogP) is 2.20. The number of aromatic nitrogens is 1. The summed E-state index contributed by atoms with van der Waals surface area (Å²) in [5, 5.41) is 0. The van der Waals surface area contributed by atoms with Gasteiger partial charge in [0.25, 0.3) is 5.91 Å². The molecule has 0 aromatic carbocycles. The zero-order valence-electron chi connectivity index (χ0n) is 11.3. The molecule has 19 heavy (non-hydrogen) atoms. The van der Waals surface area contributed by atoms with Crippen LogP contribution in [0.3, 0.4) is 0 Å². The van der Waals surface area contributed by atoms with Crippen LogP contribution in [0.5, 0.6) is 0 Å². The number of hydrazine groups is 1. The molecule has 0 saturated heterocycles. The smallest absolute Gasteiger partial charge is 0.269 e. The lowest BCUT2D eigenvalue weighted by molar-refractivity contribution is -0.122. The zero-order valence-corrected chi connectivity index (χ0v) is 11.3. The molecule has 0 spiro atoms. The molecule has 2 amide bonds. The Morgan fingerprint density at radius 1 is 1.05 bits per heavy atom. The van der Waals surface area contributed by atoms with Crippen LogP contribution in [-0.4, -0.2) is 16.8 Å². The molecule has 0 fully saturated rings. The summed E-state index contributed by atoms with van der Waals surface area (Å²) in [4.78, 5) is 26.9. The number of unbranched alkanes of at least 4 members (excludes halogenated alkanes) is 4. The average molecular weight is 263 g/mol. The van der Waals surface area contributed by atoms with E-state index in [0.29, 0.717) is 12.0 Å². The standard InChI is InChI=1S/C14H21N3O2/c1-2-3-4-5-6-7-13(18)16-17-14(19)12-8-10-15-11-9-12/h8-11H,2-7H2,1H3,(H,16,18)(H,17,19). The number of carbonyl (C=O) groups excluding carboxylic acids is 2. The molecule has 0 bridgehead atoms. The number of carbonyl (C=O) groups is 2. The summed E-state index contributed by atoms with van der Waals surface area (Å²) in [6.45, 7) is 2.15. The molecule has 2 N–H and O–H groups in total. The van der Waals surface area contributed by atoms with Gasteiger partial charge < -0.3 is 0 Å². The van der Waals surface area contributed by atoms with Crippen molar-refractivity contribution in [3.63, 3.8) is 0 Å². The topological polar surface area (TPSA) is 71.1 Å². The molecule has 0 radical (unpaired) electrons. The fourth-order valence-corrected chi connectivity index (χ4v) is 1.65. The quantitative estimate of drug-likeness (QED) is 0.585. The number of nitrogens with zero attached hydrogens (tertiary/aromatic N) is 1. The molecule has 104 valence electrons. The second-order valence-electron chi connectivity index (χ2n) is 4.40. The van der Waals surface area contributed by atoms with E-state index in [1.165, 1.54) is 25.2 Å². The van der Waals surface area contributed by atoms with Crippen molar-refractivity contribution in [2.45, 2.75) is 45.4 Å². The van der Waals surface area contributed by atoms with Gasteiger partial charge in [0.2, 0.25) is 5.91 Å². The Morgan fingerprint density at radius 2 is 1.74 bits per heavy atom. The second-order valence-corrected chi connectivity index (χ2v) is 4.40. The van der Waals surface area contributed by atoms with Crippen molar-refractivity contribution in [2.75, 3.05) is 0 Å². The highest BCUT2D eigenvalue weighted by Crippen LogP contribution is 2.04. The molecule has 1 heterocycles. The fraction of sp³-hybridized carbons (Fsp3) is 0.500. The Balaban J connectivity index is 2.15. The maximum absolute atomic E-state index is 11.6. The number of hydrogen-bond donors (Lipinski definition) is 2. The third-order valence-electron chi connectivity index (χ3n) is 2.77. The summed E-state index contributed by atoms with van der Waals surface area (Å²) in [6.07, 6.45) is 8.98. The first-order chi connectivity index (χ1) is 9.24. The number of nitrogens with one attached hydrogen (secondary N) is 2. The lowest BCUT2D eigenvalue weighted by atomic mass is 10.1. The Bertz CT molecular complexity index is 393. The van der Waals surface area contributed by atoms with Gasteiger partial charge in [-0.2, -0.15) is 0 Å². The fourth-order valence-electron chi connectivity index (χ4n) is 1.65. The van der Waals surface area contributed by atoms with Crippen LogP contribution in [0.4, 0.5) is 0 Å². The van der Waals surface area contributed by atoms with E-state index in [1.54, 1.807) is 12.1 Å². The maximum atomic E-state index is 11.6. The summed E-state index contributed by atoms with van der Waals surface area (Å²) in [5.74, 6) is -0.486. The van der Waals surface area contributed by atoms with E-state index in [2.05, 4.69) is 22.8 Å². The minimum absolute atomic E-state index is 0.154. The van der Waals surface area contributed by atoms with Crippen LogP contribution < -0.4 is 10.9 Å². The van der Waals surface area contributed by atoms with E-state index in [-0.39, 0.29) is 11.8 Å². The minimum Gasteiger partial charge on any atom is -0.273 e. The van der Waals surface area contributed by atoms with Crippen molar-refractivity contribution in [3.8, 4) is 0 Å². The Morgan fingerprint density at radius 3 is 2.42 bits per heavy atom. The number of rotatable bonds is 7. The van der Waals surface area contributed by atoms with Gasteiger partial charge >= 0.3 is 0 Å².